The van der Waals surface area contributed by atoms with Crippen LogP contribution >= 0.6 is 11.8 Å². The average Bonchev–Trinajstić information content (AvgIpc) is 3.51. The first-order valence-electron chi connectivity index (χ1n) is 16.8. The molecule has 264 valence electrons. The number of rotatable bonds is 11. The minimum atomic E-state index is -1.13. The van der Waals surface area contributed by atoms with Crippen molar-refractivity contribution in [3.8, 4) is 0 Å². The summed E-state index contributed by atoms with van der Waals surface area (Å²) in [6.07, 6.45) is 2.30. The number of ketones is 1. The number of nitrogens with zero attached hydrogens (tertiary/aromatic N) is 2. The first-order chi connectivity index (χ1) is 22.3. The Morgan fingerprint density at radius 2 is 1.33 bits per heavy atom. The van der Waals surface area contributed by atoms with E-state index in [0.29, 0.717) is 19.5 Å². The predicted molar refractivity (Wildman–Crippen MR) is 184 cm³/mol. The third-order valence-electron chi connectivity index (χ3n) is 9.39. The summed E-state index contributed by atoms with van der Waals surface area (Å²) >= 11 is 1.21. The topological polar surface area (TPSA) is 171 Å². The molecule has 48 heavy (non-hydrogen) atoms. The smallest absolute Gasteiger partial charge is 0.316 e. The Morgan fingerprint density at radius 3 is 1.79 bits per heavy atom. The molecule has 0 bridgehead atoms. The van der Waals surface area contributed by atoms with Crippen LogP contribution in [0.4, 0.5) is 4.79 Å². The van der Waals surface area contributed by atoms with E-state index in [1.165, 1.54) is 16.7 Å². The van der Waals surface area contributed by atoms with Crippen molar-refractivity contribution in [3.63, 3.8) is 0 Å². The van der Waals surface area contributed by atoms with Gasteiger partial charge in [-0.15, -0.1) is 11.8 Å². The van der Waals surface area contributed by atoms with Crippen molar-refractivity contribution < 1.29 is 28.8 Å². The van der Waals surface area contributed by atoms with Gasteiger partial charge in [-0.3, -0.25) is 24.0 Å². The summed E-state index contributed by atoms with van der Waals surface area (Å²) in [6.45, 7) is 16.2. The molecule has 1 unspecified atom stereocenters. The fourth-order valence-corrected chi connectivity index (χ4v) is 7.65. The monoisotopic (exact) mass is 684 g/mol. The summed E-state index contributed by atoms with van der Waals surface area (Å²) in [6, 6.07) is 4.35. The van der Waals surface area contributed by atoms with Crippen molar-refractivity contribution in [1.29, 1.82) is 0 Å². The number of hydrogen-bond donors (Lipinski definition) is 4. The van der Waals surface area contributed by atoms with Gasteiger partial charge in [-0.1, -0.05) is 79.7 Å². The van der Waals surface area contributed by atoms with Crippen LogP contribution in [0.1, 0.15) is 85.8 Å². The first-order valence-corrected chi connectivity index (χ1v) is 17.8. The first kappa shape index (κ1) is 37.2. The van der Waals surface area contributed by atoms with Gasteiger partial charge in [0.2, 0.25) is 17.7 Å². The summed E-state index contributed by atoms with van der Waals surface area (Å²) in [5.41, 5.74) is 6.03. The van der Waals surface area contributed by atoms with Gasteiger partial charge in [0, 0.05) is 24.9 Å². The molecule has 5 atom stereocenters. The fourth-order valence-electron chi connectivity index (χ4n) is 6.44. The third-order valence-corrected chi connectivity index (χ3v) is 10.8. The highest BCUT2D eigenvalue weighted by Gasteiger charge is 2.48. The van der Waals surface area contributed by atoms with Gasteiger partial charge in [0.1, 0.15) is 23.5 Å². The lowest BCUT2D eigenvalue weighted by molar-refractivity contribution is -0.143. The lowest BCUT2D eigenvalue weighted by Gasteiger charge is -2.38. The van der Waals surface area contributed by atoms with E-state index >= 15 is 0 Å². The van der Waals surface area contributed by atoms with E-state index < -0.39 is 63.9 Å². The van der Waals surface area contributed by atoms with E-state index in [0.717, 1.165) is 24.0 Å². The van der Waals surface area contributed by atoms with Gasteiger partial charge in [-0.25, -0.2) is 4.79 Å². The lowest BCUT2D eigenvalue weighted by atomic mass is 9.84. The molecule has 5 N–H and O–H groups in total. The molecular formula is C35H52N6O6S. The number of fused-ring (bicyclic) bond motifs is 1. The number of primary amides is 1. The van der Waals surface area contributed by atoms with Gasteiger partial charge in [0.25, 0.3) is 11.7 Å². The van der Waals surface area contributed by atoms with E-state index in [-0.39, 0.29) is 29.5 Å². The van der Waals surface area contributed by atoms with Gasteiger partial charge < -0.3 is 31.5 Å². The summed E-state index contributed by atoms with van der Waals surface area (Å²) in [4.78, 5) is 83.3. The number of Topliss-reactive ketones (excluding diaryl/α,β-unsaturated/α-hetero) is 1. The number of carbonyl (C=O) groups is 6. The van der Waals surface area contributed by atoms with Crippen molar-refractivity contribution in [3.05, 3.63) is 35.4 Å². The van der Waals surface area contributed by atoms with Gasteiger partial charge in [-0.05, 0) is 53.1 Å². The van der Waals surface area contributed by atoms with Crippen LogP contribution in [0, 0.1) is 22.7 Å². The number of thioether (sulfide) groups is 1. The highest BCUT2D eigenvalue weighted by Crippen LogP contribution is 2.38. The molecule has 2 aliphatic heterocycles. The lowest BCUT2D eigenvalue weighted by Crippen LogP contribution is -2.63. The molecule has 6 amide bonds. The Morgan fingerprint density at radius 1 is 0.812 bits per heavy atom. The second-order valence-corrected chi connectivity index (χ2v) is 17.2. The predicted octanol–water partition coefficient (Wildman–Crippen LogP) is 2.92. The van der Waals surface area contributed by atoms with Crippen LogP contribution in [0.15, 0.2) is 24.3 Å². The second-order valence-electron chi connectivity index (χ2n) is 15.8. The Hall–Kier alpha value is -3.61. The number of nitrogens with one attached hydrogen (secondary N) is 3. The number of likely N-dealkylation sites (tertiary alicyclic amines) is 1. The summed E-state index contributed by atoms with van der Waals surface area (Å²) in [5, 5.41) is 7.46. The number of urea groups is 1. The Labute approximate surface area is 288 Å². The van der Waals surface area contributed by atoms with Crippen LogP contribution in [-0.4, -0.2) is 80.5 Å². The number of amides is 6. The summed E-state index contributed by atoms with van der Waals surface area (Å²) in [7, 11) is 0. The molecule has 13 heteroatoms. The van der Waals surface area contributed by atoms with Crippen LogP contribution in [0.5, 0.6) is 0 Å². The minimum absolute atomic E-state index is 0.0274. The van der Waals surface area contributed by atoms with Crippen molar-refractivity contribution in [2.24, 2.45) is 28.4 Å². The highest BCUT2D eigenvalue weighted by atomic mass is 32.2. The zero-order valence-electron chi connectivity index (χ0n) is 29.4. The van der Waals surface area contributed by atoms with Crippen LogP contribution in [0.2, 0.25) is 0 Å². The maximum absolute atomic E-state index is 14.4. The molecule has 0 aromatic heterocycles. The van der Waals surface area contributed by atoms with Crippen molar-refractivity contribution >= 4 is 47.2 Å². The SMILES string of the molecule is CC(C)[C@H]1CCN(C(=O)[C@@H](NC(=O)N[C@H](C(=O)N2Cc3ccccc3C2)C(C)(C)C)C(C)(C)C)[C@@H]1C(=O)NC(SC1CC1)C(=O)C(N)=O. The quantitative estimate of drug-likeness (QED) is 0.205. The van der Waals surface area contributed by atoms with Gasteiger partial charge in [-0.2, -0.15) is 0 Å². The molecule has 1 aliphatic carbocycles. The third kappa shape index (κ3) is 8.69. The number of hydrogen-bond acceptors (Lipinski definition) is 7. The van der Waals surface area contributed by atoms with Crippen LogP contribution < -0.4 is 21.7 Å². The number of benzene rings is 1. The molecule has 1 saturated carbocycles. The Kier molecular flexibility index (Phi) is 11.2. The van der Waals surface area contributed by atoms with E-state index in [2.05, 4.69) is 16.0 Å². The molecule has 12 nitrogen and oxygen atoms in total. The van der Waals surface area contributed by atoms with Crippen molar-refractivity contribution in [2.45, 2.75) is 116 Å². The number of nitrogens with two attached hydrogens (primary N) is 1. The molecule has 3 aliphatic rings. The van der Waals surface area contributed by atoms with E-state index in [1.54, 1.807) is 4.90 Å². The molecule has 1 saturated heterocycles. The van der Waals surface area contributed by atoms with E-state index in [9.17, 15) is 28.8 Å². The highest BCUT2D eigenvalue weighted by molar-refractivity contribution is 8.01. The zero-order valence-corrected chi connectivity index (χ0v) is 30.2. The van der Waals surface area contributed by atoms with Crippen molar-refractivity contribution in [2.75, 3.05) is 6.54 Å². The molecule has 2 heterocycles. The molecule has 0 radical (unpaired) electrons. The second kappa shape index (κ2) is 14.5. The Bertz CT molecular complexity index is 1410. The van der Waals surface area contributed by atoms with E-state index in [4.69, 9.17) is 5.73 Å². The fraction of sp³-hybridized carbons (Fsp3) is 0.657. The zero-order chi connectivity index (χ0) is 35.7. The van der Waals surface area contributed by atoms with Gasteiger partial charge >= 0.3 is 6.03 Å². The summed E-state index contributed by atoms with van der Waals surface area (Å²) in [5.74, 6) is -3.39. The summed E-state index contributed by atoms with van der Waals surface area (Å²) < 4.78 is 0. The average molecular weight is 685 g/mol. The number of carbonyl (C=O) groups excluding carboxylic acids is 6. The molecule has 0 spiro atoms. The van der Waals surface area contributed by atoms with E-state index in [1.807, 2.05) is 79.7 Å². The molecule has 1 aromatic carbocycles. The maximum Gasteiger partial charge on any atom is 0.316 e. The maximum atomic E-state index is 14.4. The molecule has 4 rings (SSSR count). The molecule has 1 aromatic rings. The minimum Gasteiger partial charge on any atom is -0.363 e. The molecular weight excluding hydrogens is 632 g/mol. The van der Waals surface area contributed by atoms with Crippen molar-refractivity contribution in [1.82, 2.24) is 25.8 Å². The largest absolute Gasteiger partial charge is 0.363 e. The van der Waals surface area contributed by atoms with Crippen LogP contribution in [-0.2, 0) is 37.1 Å². The molecule has 2 fully saturated rings. The van der Waals surface area contributed by atoms with Crippen LogP contribution in [0.25, 0.3) is 0 Å². The van der Waals surface area contributed by atoms with Gasteiger partial charge in [0.15, 0.2) is 0 Å². The van der Waals surface area contributed by atoms with Gasteiger partial charge in [0.05, 0.1) is 0 Å². The van der Waals surface area contributed by atoms with Crippen LogP contribution in [0.3, 0.4) is 0 Å². The standard InChI is InChI=1S/C35H52N6O6S/c1-19(2)23-15-16-41(24(23)29(44)39-30(25(42)28(36)43)48-22-13-14-22)32(46)27(35(6,7)8)38-33(47)37-26(34(3,4)5)31(45)40-17-20-11-9-10-12-21(20)18-40/h9-12,19,22-24,26-27,30H,13-18H2,1-8H3,(H2,36,43)(H,39,44)(H2,37,38,47)/t23-,24+,26-,27-,30?/m1/s1. The normalized spacial score (nSPS) is 21.3. The Balaban J connectivity index is 1.52.